The smallest absolute Gasteiger partial charge is 0.335 e. The van der Waals surface area contributed by atoms with Crippen LogP contribution in [0.25, 0.3) is 0 Å². The summed E-state index contributed by atoms with van der Waals surface area (Å²) in [6.07, 6.45) is -34.8. The molecule has 52 heavy (non-hydrogen) atoms. The Labute approximate surface area is 296 Å². The van der Waals surface area contributed by atoms with Crippen LogP contribution in [0.15, 0.2) is 0 Å². The quantitative estimate of drug-likeness (QED) is 0.0649. The number of nitrogens with two attached hydrogens (primary N) is 1. The van der Waals surface area contributed by atoms with Gasteiger partial charge in [0.05, 0.1) is 19.8 Å². The monoisotopic (exact) mass is 765 g/mol. The Hall–Kier alpha value is -1.37. The Morgan fingerprint density at radius 2 is 0.923 bits per heavy atom. The van der Waals surface area contributed by atoms with Crippen LogP contribution >= 0.6 is 0 Å². The third kappa shape index (κ3) is 9.52. The van der Waals surface area contributed by atoms with E-state index in [1.807, 2.05) is 0 Å². The van der Waals surface area contributed by atoms with Gasteiger partial charge in [-0.25, -0.2) is 4.79 Å². The van der Waals surface area contributed by atoms with E-state index >= 15 is 0 Å². The Morgan fingerprint density at radius 1 is 0.500 bits per heavy atom. The van der Waals surface area contributed by atoms with Crippen molar-refractivity contribution in [1.29, 1.82) is 0 Å². The van der Waals surface area contributed by atoms with Gasteiger partial charge in [-0.05, 0) is 25.8 Å². The molecule has 0 aliphatic carbocycles. The van der Waals surface area contributed by atoms with E-state index in [9.17, 15) is 71.2 Å². The van der Waals surface area contributed by atoms with Gasteiger partial charge in [-0.3, -0.25) is 0 Å². The highest BCUT2D eigenvalue weighted by atomic mass is 16.8. The standard InChI is InChI=1S/C29H51NO22/c30-4-2-1-3-5-45-26-18(40)16(38)23(24(52-26)25(43)44)51-29-20(42)15(37)22(11(8-33)48-29)50-28-19(41)14(36)21(10(7-32)47-28)49-27-17(39)13(35)12(34)9(6-31)46-27/h9-24,26-29,31-42H,1-8,30H2,(H,43,44)/t9-,10-,11-,12-,13+,14-,15-,16-,17-,18-,19-,20-,21-,22+,23+,24+,26-,27+,28-,29-/m1/s1. The van der Waals surface area contributed by atoms with Gasteiger partial charge in [0.2, 0.25) is 0 Å². The van der Waals surface area contributed by atoms with Gasteiger partial charge in [-0.15, -0.1) is 0 Å². The molecular weight excluding hydrogens is 714 g/mol. The summed E-state index contributed by atoms with van der Waals surface area (Å²) in [4.78, 5) is 12.1. The molecule has 4 fully saturated rings. The molecule has 23 heteroatoms. The van der Waals surface area contributed by atoms with Crippen LogP contribution in [0.2, 0.25) is 0 Å². The van der Waals surface area contributed by atoms with E-state index in [2.05, 4.69) is 0 Å². The van der Waals surface area contributed by atoms with Crippen LogP contribution in [0, 0.1) is 0 Å². The summed E-state index contributed by atoms with van der Waals surface area (Å²) in [5.41, 5.74) is 5.44. The average Bonchev–Trinajstić information content (AvgIpc) is 3.13. The zero-order valence-corrected chi connectivity index (χ0v) is 27.8. The van der Waals surface area contributed by atoms with Crippen molar-refractivity contribution >= 4 is 5.97 Å². The summed E-state index contributed by atoms with van der Waals surface area (Å²) >= 11 is 0. The minimum absolute atomic E-state index is 0.0456. The van der Waals surface area contributed by atoms with Crippen molar-refractivity contribution < 1.29 is 109 Å². The first-order valence-corrected chi connectivity index (χ1v) is 16.8. The van der Waals surface area contributed by atoms with Gasteiger partial charge in [0.1, 0.15) is 91.6 Å². The lowest BCUT2D eigenvalue weighted by atomic mass is 9.95. The summed E-state index contributed by atoms with van der Waals surface area (Å²) in [6, 6.07) is 0. The number of rotatable bonds is 16. The molecule has 4 aliphatic rings. The fourth-order valence-corrected chi connectivity index (χ4v) is 6.26. The van der Waals surface area contributed by atoms with Crippen molar-refractivity contribution in [2.45, 2.75) is 142 Å². The number of carbonyl (C=O) groups is 1. The third-order valence-electron chi connectivity index (χ3n) is 9.28. The topological polar surface area (TPSA) is 380 Å². The van der Waals surface area contributed by atoms with Crippen LogP contribution in [-0.4, -0.2) is 228 Å². The second-order valence-electron chi connectivity index (χ2n) is 12.9. The number of carboxylic acids is 1. The summed E-state index contributed by atoms with van der Waals surface area (Å²) in [5.74, 6) is -1.65. The first-order valence-electron chi connectivity index (χ1n) is 16.8. The maximum absolute atomic E-state index is 12.1. The zero-order valence-electron chi connectivity index (χ0n) is 27.8. The molecule has 0 aromatic heterocycles. The molecule has 0 radical (unpaired) electrons. The molecule has 23 nitrogen and oxygen atoms in total. The molecule has 20 atom stereocenters. The van der Waals surface area contributed by atoms with Crippen molar-refractivity contribution in [2.75, 3.05) is 33.0 Å². The van der Waals surface area contributed by atoms with Gasteiger partial charge in [0, 0.05) is 6.61 Å². The number of unbranched alkanes of at least 4 members (excludes halogenated alkanes) is 2. The summed E-state index contributed by atoms with van der Waals surface area (Å²) in [7, 11) is 0. The van der Waals surface area contributed by atoms with E-state index in [-0.39, 0.29) is 6.61 Å². The van der Waals surface area contributed by atoms with Crippen LogP contribution in [0.5, 0.6) is 0 Å². The summed E-state index contributed by atoms with van der Waals surface area (Å²) in [5, 5.41) is 135. The lowest BCUT2D eigenvalue weighted by Crippen LogP contribution is -2.67. The van der Waals surface area contributed by atoms with Crippen molar-refractivity contribution in [2.24, 2.45) is 5.73 Å². The van der Waals surface area contributed by atoms with Crippen LogP contribution < -0.4 is 5.73 Å². The average molecular weight is 766 g/mol. The van der Waals surface area contributed by atoms with E-state index in [0.717, 1.165) is 0 Å². The van der Waals surface area contributed by atoms with Gasteiger partial charge in [-0.1, -0.05) is 0 Å². The number of aliphatic carboxylic acids is 1. The fourth-order valence-electron chi connectivity index (χ4n) is 6.26. The maximum Gasteiger partial charge on any atom is 0.335 e. The van der Waals surface area contributed by atoms with Gasteiger partial charge >= 0.3 is 5.97 Å². The maximum atomic E-state index is 12.1. The lowest BCUT2D eigenvalue weighted by Gasteiger charge is -2.48. The Bertz CT molecular complexity index is 1090. The zero-order chi connectivity index (χ0) is 38.4. The predicted octanol–water partition coefficient (Wildman–Crippen LogP) is -8.50. The van der Waals surface area contributed by atoms with Crippen molar-refractivity contribution in [3.63, 3.8) is 0 Å². The first kappa shape index (κ1) is 43.4. The summed E-state index contributed by atoms with van der Waals surface area (Å²) in [6.45, 7) is -2.18. The molecule has 0 aromatic carbocycles. The Morgan fingerprint density at radius 3 is 1.38 bits per heavy atom. The number of carboxylic acid groups (broad SMARTS) is 1. The predicted molar refractivity (Wildman–Crippen MR) is 161 cm³/mol. The lowest BCUT2D eigenvalue weighted by molar-refractivity contribution is -0.387. The van der Waals surface area contributed by atoms with Crippen LogP contribution in [-0.2, 0) is 42.7 Å². The van der Waals surface area contributed by atoms with Gasteiger partial charge in [-0.2, -0.15) is 0 Å². The van der Waals surface area contributed by atoms with Crippen molar-refractivity contribution in [3.05, 3.63) is 0 Å². The number of hydrogen-bond donors (Lipinski definition) is 14. The van der Waals surface area contributed by atoms with E-state index in [0.29, 0.717) is 25.8 Å². The number of hydrogen-bond acceptors (Lipinski definition) is 22. The minimum Gasteiger partial charge on any atom is -0.479 e. The number of ether oxygens (including phenoxy) is 8. The molecule has 4 saturated heterocycles. The van der Waals surface area contributed by atoms with Gasteiger partial charge in [0.15, 0.2) is 31.3 Å². The van der Waals surface area contributed by atoms with E-state index in [4.69, 9.17) is 43.6 Å². The van der Waals surface area contributed by atoms with Crippen LogP contribution in [0.4, 0.5) is 0 Å². The van der Waals surface area contributed by atoms with Gasteiger partial charge in [0.25, 0.3) is 0 Å². The fraction of sp³-hybridized carbons (Fsp3) is 0.966. The molecule has 4 aliphatic heterocycles. The number of aliphatic hydroxyl groups excluding tert-OH is 12. The molecule has 4 rings (SSSR count). The van der Waals surface area contributed by atoms with Crippen LogP contribution in [0.3, 0.4) is 0 Å². The van der Waals surface area contributed by atoms with E-state index in [1.54, 1.807) is 0 Å². The third-order valence-corrected chi connectivity index (χ3v) is 9.28. The van der Waals surface area contributed by atoms with E-state index < -0.39 is 149 Å². The molecule has 0 aromatic rings. The normalized spacial score (nSPS) is 47.3. The molecule has 0 unspecified atom stereocenters. The summed E-state index contributed by atoms with van der Waals surface area (Å²) < 4.78 is 43.7. The largest absolute Gasteiger partial charge is 0.479 e. The van der Waals surface area contributed by atoms with Crippen molar-refractivity contribution in [3.8, 4) is 0 Å². The van der Waals surface area contributed by atoms with Crippen molar-refractivity contribution in [1.82, 2.24) is 0 Å². The molecule has 0 spiro atoms. The highest BCUT2D eigenvalue weighted by molar-refractivity contribution is 5.73. The molecule has 0 saturated carbocycles. The molecule has 0 amide bonds. The molecule has 0 bridgehead atoms. The van der Waals surface area contributed by atoms with Crippen LogP contribution in [0.1, 0.15) is 19.3 Å². The highest BCUT2D eigenvalue weighted by Gasteiger charge is 2.56. The second kappa shape index (κ2) is 19.5. The molecule has 304 valence electrons. The molecule has 15 N–H and O–H groups in total. The Balaban J connectivity index is 1.41. The Kier molecular flexibility index (Phi) is 16.2. The van der Waals surface area contributed by atoms with Gasteiger partial charge < -0.3 is 110 Å². The highest BCUT2D eigenvalue weighted by Crippen LogP contribution is 2.34. The van der Waals surface area contributed by atoms with E-state index in [1.165, 1.54) is 0 Å². The first-order chi connectivity index (χ1) is 24.7. The number of aliphatic hydroxyl groups is 12. The molecule has 4 heterocycles. The molecular formula is C29H51NO22. The SMILES string of the molecule is NCCCCCO[C@@H]1O[C@H](C(=O)O)[C@@H](O[C@H]2O[C@H](CO)[C@H](O[C@H]3O[C@H](CO)[C@@H](O[C@@H]4O[C@H](CO)[C@@H](O)[C@H](O)[C@H]4O)[C@H](O)[C@H]3O)[C@H](O)[C@H]2O)[C@H](O)[C@H]1O. The minimum atomic E-state index is -2.11. The second-order valence-corrected chi connectivity index (χ2v) is 12.9.